The molecular formula is C36H22O2. The van der Waals surface area contributed by atoms with Gasteiger partial charge in [-0.2, -0.15) is 0 Å². The molecule has 2 nitrogen and oxygen atoms in total. The summed E-state index contributed by atoms with van der Waals surface area (Å²) in [4.78, 5) is 0. The van der Waals surface area contributed by atoms with Crippen LogP contribution in [0.5, 0.6) is 0 Å². The van der Waals surface area contributed by atoms with E-state index < -0.39 is 0 Å². The predicted molar refractivity (Wildman–Crippen MR) is 157 cm³/mol. The highest BCUT2D eigenvalue weighted by Crippen LogP contribution is 2.38. The summed E-state index contributed by atoms with van der Waals surface area (Å²) in [5.74, 6) is 0. The third-order valence-corrected chi connectivity index (χ3v) is 7.47. The SMILES string of the molecule is c1ccc(-c2cccc(-c3cccc(-c4ccc5c(c4)oc4cc6oc7ccccc7c6cc45)c3)c2)cc1. The van der Waals surface area contributed by atoms with Gasteiger partial charge in [-0.25, -0.2) is 0 Å². The van der Waals surface area contributed by atoms with Crippen LogP contribution in [0.25, 0.3) is 77.3 Å². The van der Waals surface area contributed by atoms with Crippen LogP contribution < -0.4 is 0 Å². The van der Waals surface area contributed by atoms with Gasteiger partial charge in [-0.3, -0.25) is 0 Å². The smallest absolute Gasteiger partial charge is 0.139 e. The molecule has 0 aliphatic heterocycles. The second-order valence-corrected chi connectivity index (χ2v) is 9.78. The van der Waals surface area contributed by atoms with Crippen molar-refractivity contribution in [2.45, 2.75) is 0 Å². The van der Waals surface area contributed by atoms with Crippen molar-refractivity contribution in [1.82, 2.24) is 0 Å². The fourth-order valence-electron chi connectivity index (χ4n) is 5.56. The van der Waals surface area contributed by atoms with E-state index in [0.717, 1.165) is 55.0 Å². The van der Waals surface area contributed by atoms with Crippen molar-refractivity contribution in [3.63, 3.8) is 0 Å². The van der Waals surface area contributed by atoms with E-state index in [1.54, 1.807) is 0 Å². The lowest BCUT2D eigenvalue weighted by atomic mass is 9.96. The quantitative estimate of drug-likeness (QED) is 0.248. The molecule has 0 bridgehead atoms. The third kappa shape index (κ3) is 3.35. The van der Waals surface area contributed by atoms with Gasteiger partial charge in [-0.15, -0.1) is 0 Å². The number of hydrogen-bond donors (Lipinski definition) is 0. The van der Waals surface area contributed by atoms with Crippen LogP contribution in [0.15, 0.2) is 142 Å². The Morgan fingerprint density at radius 2 is 0.763 bits per heavy atom. The molecule has 38 heavy (non-hydrogen) atoms. The van der Waals surface area contributed by atoms with Crippen LogP contribution in [0.3, 0.4) is 0 Å². The summed E-state index contributed by atoms with van der Waals surface area (Å²) in [5, 5.41) is 4.47. The fraction of sp³-hybridized carbons (Fsp3) is 0. The minimum Gasteiger partial charge on any atom is -0.456 e. The van der Waals surface area contributed by atoms with Crippen LogP contribution in [0.1, 0.15) is 0 Å². The van der Waals surface area contributed by atoms with Gasteiger partial charge in [0.2, 0.25) is 0 Å². The normalized spacial score (nSPS) is 11.7. The zero-order chi connectivity index (χ0) is 25.1. The Balaban J connectivity index is 1.21. The summed E-state index contributed by atoms with van der Waals surface area (Å²) >= 11 is 0. The minimum absolute atomic E-state index is 0.843. The van der Waals surface area contributed by atoms with E-state index in [9.17, 15) is 0 Å². The van der Waals surface area contributed by atoms with Crippen LogP contribution in [-0.2, 0) is 0 Å². The lowest BCUT2D eigenvalue weighted by Crippen LogP contribution is -1.83. The minimum atomic E-state index is 0.843. The van der Waals surface area contributed by atoms with Crippen LogP contribution in [-0.4, -0.2) is 0 Å². The van der Waals surface area contributed by atoms with Crippen molar-refractivity contribution in [1.29, 1.82) is 0 Å². The molecule has 0 saturated carbocycles. The molecule has 0 saturated heterocycles. The Labute approximate surface area is 219 Å². The summed E-state index contributed by atoms with van der Waals surface area (Å²) in [6, 6.07) is 46.8. The molecule has 0 unspecified atom stereocenters. The molecule has 6 aromatic carbocycles. The highest BCUT2D eigenvalue weighted by molar-refractivity contribution is 6.15. The number of hydrogen-bond acceptors (Lipinski definition) is 2. The maximum absolute atomic E-state index is 6.34. The zero-order valence-electron chi connectivity index (χ0n) is 20.5. The molecule has 8 aromatic rings. The number of rotatable bonds is 3. The van der Waals surface area contributed by atoms with E-state index in [1.165, 1.54) is 22.3 Å². The first-order chi connectivity index (χ1) is 18.8. The lowest BCUT2D eigenvalue weighted by molar-refractivity contribution is 0.656. The number of para-hydroxylation sites is 1. The van der Waals surface area contributed by atoms with Gasteiger partial charge in [0.15, 0.2) is 0 Å². The average Bonchev–Trinajstić information content (AvgIpc) is 3.53. The molecule has 2 heteroatoms. The molecule has 178 valence electrons. The van der Waals surface area contributed by atoms with Gasteiger partial charge in [0.05, 0.1) is 0 Å². The van der Waals surface area contributed by atoms with Crippen LogP contribution in [0.4, 0.5) is 0 Å². The molecule has 8 rings (SSSR count). The van der Waals surface area contributed by atoms with Crippen molar-refractivity contribution in [2.24, 2.45) is 0 Å². The standard InChI is InChI=1S/C36H22O2/c1-2-8-23(9-3-1)24-10-6-11-25(18-24)26-12-7-13-27(19-26)28-16-17-30-32-21-31-29-14-4-5-15-33(29)37-35(31)22-36(32)38-34(30)20-28/h1-22H. The van der Waals surface area contributed by atoms with Crippen molar-refractivity contribution in [3.05, 3.63) is 133 Å². The summed E-state index contributed by atoms with van der Waals surface area (Å²) in [6.45, 7) is 0. The molecule has 0 N–H and O–H groups in total. The van der Waals surface area contributed by atoms with E-state index in [4.69, 9.17) is 8.83 Å². The Morgan fingerprint density at radius 3 is 1.47 bits per heavy atom. The number of benzene rings is 6. The summed E-state index contributed by atoms with van der Waals surface area (Å²) in [7, 11) is 0. The zero-order valence-corrected chi connectivity index (χ0v) is 20.5. The Hall–Kier alpha value is -5.08. The molecule has 2 heterocycles. The van der Waals surface area contributed by atoms with E-state index in [-0.39, 0.29) is 0 Å². The highest BCUT2D eigenvalue weighted by Gasteiger charge is 2.14. The van der Waals surface area contributed by atoms with Crippen LogP contribution in [0.2, 0.25) is 0 Å². The van der Waals surface area contributed by atoms with Crippen LogP contribution in [0, 0.1) is 0 Å². The monoisotopic (exact) mass is 486 g/mol. The van der Waals surface area contributed by atoms with Gasteiger partial charge in [-0.1, -0.05) is 91.0 Å². The van der Waals surface area contributed by atoms with Crippen molar-refractivity contribution >= 4 is 43.9 Å². The maximum Gasteiger partial charge on any atom is 0.139 e. The second kappa shape index (κ2) is 8.22. The second-order valence-electron chi connectivity index (χ2n) is 9.78. The molecule has 0 spiro atoms. The maximum atomic E-state index is 6.34. The van der Waals surface area contributed by atoms with E-state index in [2.05, 4.69) is 109 Å². The summed E-state index contributed by atoms with van der Waals surface area (Å²) < 4.78 is 12.4. The molecular weight excluding hydrogens is 464 g/mol. The predicted octanol–water partition coefficient (Wildman–Crippen LogP) is 10.5. The molecule has 0 fully saturated rings. The van der Waals surface area contributed by atoms with Gasteiger partial charge < -0.3 is 8.83 Å². The molecule has 0 atom stereocenters. The molecule has 0 aliphatic carbocycles. The Kier molecular flexibility index (Phi) is 4.55. The molecule has 0 amide bonds. The highest BCUT2D eigenvalue weighted by atomic mass is 16.3. The summed E-state index contributed by atoms with van der Waals surface area (Å²) in [6.07, 6.45) is 0. The van der Waals surface area contributed by atoms with Crippen molar-refractivity contribution in [3.8, 4) is 33.4 Å². The summed E-state index contributed by atoms with van der Waals surface area (Å²) in [5.41, 5.74) is 10.6. The first-order valence-corrected chi connectivity index (χ1v) is 12.8. The van der Waals surface area contributed by atoms with Crippen molar-refractivity contribution < 1.29 is 8.83 Å². The lowest BCUT2D eigenvalue weighted by Gasteiger charge is -2.09. The van der Waals surface area contributed by atoms with Gasteiger partial charge >= 0.3 is 0 Å². The van der Waals surface area contributed by atoms with Gasteiger partial charge in [0.1, 0.15) is 22.3 Å². The van der Waals surface area contributed by atoms with E-state index in [1.807, 2.05) is 24.3 Å². The van der Waals surface area contributed by atoms with Gasteiger partial charge in [0, 0.05) is 27.6 Å². The fourth-order valence-corrected chi connectivity index (χ4v) is 5.56. The number of fused-ring (bicyclic) bond motifs is 6. The van der Waals surface area contributed by atoms with Gasteiger partial charge in [0.25, 0.3) is 0 Å². The Bertz CT molecular complexity index is 2130. The number of furan rings is 2. The Morgan fingerprint density at radius 1 is 0.263 bits per heavy atom. The first-order valence-electron chi connectivity index (χ1n) is 12.8. The third-order valence-electron chi connectivity index (χ3n) is 7.47. The molecule has 0 aliphatic rings. The molecule has 2 aromatic heterocycles. The average molecular weight is 487 g/mol. The topological polar surface area (TPSA) is 26.3 Å². The molecule has 0 radical (unpaired) electrons. The van der Waals surface area contributed by atoms with Crippen molar-refractivity contribution in [2.75, 3.05) is 0 Å². The largest absolute Gasteiger partial charge is 0.456 e. The van der Waals surface area contributed by atoms with Crippen LogP contribution >= 0.6 is 0 Å². The van der Waals surface area contributed by atoms with E-state index >= 15 is 0 Å². The van der Waals surface area contributed by atoms with Gasteiger partial charge in [-0.05, 0) is 69.8 Å². The first kappa shape index (κ1) is 21.0. The van der Waals surface area contributed by atoms with E-state index in [0.29, 0.717) is 0 Å².